The smallest absolute Gasteiger partial charge is 0.107 e. The highest BCUT2D eigenvalue weighted by atomic mass is 16.5. The second kappa shape index (κ2) is 5.00. The molecule has 0 radical (unpaired) electrons. The first-order valence-electron chi connectivity index (χ1n) is 5.15. The van der Waals surface area contributed by atoms with Gasteiger partial charge in [-0.3, -0.25) is 0 Å². The maximum atomic E-state index is 5.37. The Morgan fingerprint density at radius 1 is 1.27 bits per heavy atom. The highest BCUT2D eigenvalue weighted by Crippen LogP contribution is 2.25. The summed E-state index contributed by atoms with van der Waals surface area (Å²) < 4.78 is 5.37. The van der Waals surface area contributed by atoms with Gasteiger partial charge in [0.1, 0.15) is 6.61 Å². The van der Waals surface area contributed by atoms with Crippen molar-refractivity contribution < 1.29 is 4.74 Å². The molecule has 0 bridgehead atoms. The van der Waals surface area contributed by atoms with Gasteiger partial charge in [-0.25, -0.2) is 0 Å². The van der Waals surface area contributed by atoms with Crippen molar-refractivity contribution in [2.75, 3.05) is 6.61 Å². The van der Waals surface area contributed by atoms with Gasteiger partial charge >= 0.3 is 0 Å². The predicted molar refractivity (Wildman–Crippen MR) is 63.6 cm³/mol. The molecule has 80 valence electrons. The van der Waals surface area contributed by atoms with Gasteiger partial charge in [0.2, 0.25) is 0 Å². The standard InChI is InChI=1S/C14H18O/c1-5-10-15-11-12-8-6-7-9-13(12)14(2,3)4/h1,6-9H,10-11H2,2-4H3. The van der Waals surface area contributed by atoms with Crippen LogP contribution in [0.25, 0.3) is 0 Å². The third-order valence-electron chi connectivity index (χ3n) is 2.27. The molecule has 0 aliphatic rings. The molecule has 0 spiro atoms. The van der Waals surface area contributed by atoms with Crippen LogP contribution in [0.15, 0.2) is 24.3 Å². The van der Waals surface area contributed by atoms with Crippen LogP contribution in [-0.4, -0.2) is 6.61 Å². The van der Waals surface area contributed by atoms with E-state index in [4.69, 9.17) is 11.2 Å². The lowest BCUT2D eigenvalue weighted by atomic mass is 9.84. The molecule has 0 atom stereocenters. The minimum Gasteiger partial charge on any atom is -0.364 e. The van der Waals surface area contributed by atoms with E-state index in [1.807, 2.05) is 6.07 Å². The first kappa shape index (κ1) is 11.8. The molecule has 1 rings (SSSR count). The second-order valence-electron chi connectivity index (χ2n) is 4.60. The van der Waals surface area contributed by atoms with Crippen LogP contribution >= 0.6 is 0 Å². The number of hydrogen-bond acceptors (Lipinski definition) is 1. The van der Waals surface area contributed by atoms with Crippen molar-refractivity contribution in [3.8, 4) is 12.3 Å². The highest BCUT2D eigenvalue weighted by molar-refractivity contribution is 5.32. The van der Waals surface area contributed by atoms with Crippen molar-refractivity contribution in [2.24, 2.45) is 0 Å². The summed E-state index contributed by atoms with van der Waals surface area (Å²) in [5, 5.41) is 0. The summed E-state index contributed by atoms with van der Waals surface area (Å²) in [5.74, 6) is 2.47. The van der Waals surface area contributed by atoms with Crippen LogP contribution in [0, 0.1) is 12.3 Å². The molecule has 0 aliphatic carbocycles. The predicted octanol–water partition coefficient (Wildman–Crippen LogP) is 3.13. The lowest BCUT2D eigenvalue weighted by Crippen LogP contribution is -2.14. The summed E-state index contributed by atoms with van der Waals surface area (Å²) in [5.41, 5.74) is 2.69. The van der Waals surface area contributed by atoms with Crippen LogP contribution in [0.3, 0.4) is 0 Å². The third kappa shape index (κ3) is 3.42. The van der Waals surface area contributed by atoms with Crippen LogP contribution in [0.4, 0.5) is 0 Å². The molecular weight excluding hydrogens is 184 g/mol. The molecule has 0 fully saturated rings. The zero-order valence-electron chi connectivity index (χ0n) is 9.71. The first-order chi connectivity index (χ1) is 7.05. The van der Waals surface area contributed by atoms with Gasteiger partial charge in [-0.1, -0.05) is 51.0 Å². The summed E-state index contributed by atoms with van der Waals surface area (Å²) in [6.07, 6.45) is 5.14. The van der Waals surface area contributed by atoms with Crippen LogP contribution in [0.1, 0.15) is 31.9 Å². The Hall–Kier alpha value is -1.26. The van der Waals surface area contributed by atoms with Crippen LogP contribution in [0.2, 0.25) is 0 Å². The number of benzene rings is 1. The summed E-state index contributed by atoms with van der Waals surface area (Å²) in [6, 6.07) is 8.33. The molecule has 0 saturated heterocycles. The van der Waals surface area contributed by atoms with Gasteiger partial charge in [0.15, 0.2) is 0 Å². The van der Waals surface area contributed by atoms with Crippen molar-refractivity contribution in [2.45, 2.75) is 32.8 Å². The molecule has 1 aromatic rings. The van der Waals surface area contributed by atoms with Crippen molar-refractivity contribution >= 4 is 0 Å². The van der Waals surface area contributed by atoms with E-state index < -0.39 is 0 Å². The molecule has 0 aliphatic heterocycles. The zero-order valence-corrected chi connectivity index (χ0v) is 9.71. The number of terminal acetylenes is 1. The maximum absolute atomic E-state index is 5.37. The van der Waals surface area contributed by atoms with Gasteiger partial charge in [-0.15, -0.1) is 6.42 Å². The normalized spacial score (nSPS) is 11.1. The summed E-state index contributed by atoms with van der Waals surface area (Å²) >= 11 is 0. The molecule has 0 N–H and O–H groups in total. The maximum Gasteiger partial charge on any atom is 0.107 e. The third-order valence-corrected chi connectivity index (χ3v) is 2.27. The largest absolute Gasteiger partial charge is 0.364 e. The molecule has 0 unspecified atom stereocenters. The van der Waals surface area contributed by atoms with E-state index in [0.717, 1.165) is 0 Å². The molecule has 15 heavy (non-hydrogen) atoms. The number of ether oxygens (including phenoxy) is 1. The topological polar surface area (TPSA) is 9.23 Å². The first-order valence-corrected chi connectivity index (χ1v) is 5.15. The van der Waals surface area contributed by atoms with E-state index >= 15 is 0 Å². The van der Waals surface area contributed by atoms with Gasteiger partial charge in [0, 0.05) is 0 Å². The fraction of sp³-hybridized carbons (Fsp3) is 0.429. The van der Waals surface area contributed by atoms with Gasteiger partial charge < -0.3 is 4.74 Å². The fourth-order valence-electron chi connectivity index (χ4n) is 1.60. The highest BCUT2D eigenvalue weighted by Gasteiger charge is 2.16. The van der Waals surface area contributed by atoms with Crippen LogP contribution in [0.5, 0.6) is 0 Å². The van der Waals surface area contributed by atoms with E-state index in [-0.39, 0.29) is 5.41 Å². The molecule has 1 heteroatoms. The Balaban J connectivity index is 2.83. The molecular formula is C14H18O. The molecule has 1 nitrogen and oxygen atoms in total. The van der Waals surface area contributed by atoms with Crippen LogP contribution in [-0.2, 0) is 16.8 Å². The minimum absolute atomic E-state index is 0.149. The van der Waals surface area contributed by atoms with Gasteiger partial charge in [0.05, 0.1) is 6.61 Å². The lowest BCUT2D eigenvalue weighted by molar-refractivity contribution is 0.152. The van der Waals surface area contributed by atoms with E-state index in [0.29, 0.717) is 13.2 Å². The monoisotopic (exact) mass is 202 g/mol. The average Bonchev–Trinajstić information content (AvgIpc) is 2.17. The van der Waals surface area contributed by atoms with E-state index in [2.05, 4.69) is 44.9 Å². The van der Waals surface area contributed by atoms with E-state index in [9.17, 15) is 0 Å². The average molecular weight is 202 g/mol. The SMILES string of the molecule is C#CCOCc1ccccc1C(C)(C)C. The molecule has 0 heterocycles. The van der Waals surface area contributed by atoms with Crippen LogP contribution < -0.4 is 0 Å². The number of rotatable bonds is 3. The molecule has 0 amide bonds. The Labute approximate surface area is 92.5 Å². The van der Waals surface area contributed by atoms with Crippen molar-refractivity contribution in [3.05, 3.63) is 35.4 Å². The van der Waals surface area contributed by atoms with Gasteiger partial charge in [-0.2, -0.15) is 0 Å². The quantitative estimate of drug-likeness (QED) is 0.540. The summed E-state index contributed by atoms with van der Waals surface area (Å²) in [6.45, 7) is 7.57. The lowest BCUT2D eigenvalue weighted by Gasteiger charge is -2.22. The molecule has 0 saturated carbocycles. The Morgan fingerprint density at radius 2 is 1.93 bits per heavy atom. The summed E-state index contributed by atoms with van der Waals surface area (Å²) in [7, 11) is 0. The van der Waals surface area contributed by atoms with E-state index in [1.54, 1.807) is 0 Å². The number of hydrogen-bond donors (Lipinski definition) is 0. The summed E-state index contributed by atoms with van der Waals surface area (Å²) in [4.78, 5) is 0. The van der Waals surface area contributed by atoms with Crippen molar-refractivity contribution in [3.63, 3.8) is 0 Å². The molecule has 0 aromatic heterocycles. The zero-order chi connectivity index (χ0) is 11.3. The Bertz CT molecular complexity index is 352. The molecule has 1 aromatic carbocycles. The Kier molecular flexibility index (Phi) is 3.94. The Morgan fingerprint density at radius 3 is 2.53 bits per heavy atom. The van der Waals surface area contributed by atoms with Crippen molar-refractivity contribution in [1.29, 1.82) is 0 Å². The van der Waals surface area contributed by atoms with E-state index in [1.165, 1.54) is 11.1 Å². The van der Waals surface area contributed by atoms with Gasteiger partial charge in [0.25, 0.3) is 0 Å². The van der Waals surface area contributed by atoms with Crippen molar-refractivity contribution in [1.82, 2.24) is 0 Å². The second-order valence-corrected chi connectivity index (χ2v) is 4.60. The van der Waals surface area contributed by atoms with Gasteiger partial charge in [-0.05, 0) is 16.5 Å². The fourth-order valence-corrected chi connectivity index (χ4v) is 1.60. The minimum atomic E-state index is 0.149.